The van der Waals surface area contributed by atoms with E-state index in [1.807, 2.05) is 17.5 Å². The maximum absolute atomic E-state index is 12.1. The first-order valence-electron chi connectivity index (χ1n) is 5.75. The van der Waals surface area contributed by atoms with Gasteiger partial charge in [-0.2, -0.15) is 0 Å². The molecule has 2 heterocycles. The zero-order chi connectivity index (χ0) is 13.8. The number of rotatable bonds is 5. The van der Waals surface area contributed by atoms with Crippen LogP contribution in [-0.4, -0.2) is 21.6 Å². The molecule has 100 valence electrons. The molecule has 0 fully saturated rings. The molecule has 5 nitrogen and oxygen atoms in total. The van der Waals surface area contributed by atoms with E-state index in [1.165, 1.54) is 11.3 Å². The number of amides is 1. The van der Waals surface area contributed by atoms with Gasteiger partial charge < -0.3 is 15.0 Å². The Hall–Kier alpha value is -2.08. The minimum absolute atomic E-state index is 0.128. The molecule has 0 aliphatic heterocycles. The summed E-state index contributed by atoms with van der Waals surface area (Å²) in [4.78, 5) is 23.8. The Kier molecular flexibility index (Phi) is 4.01. The Morgan fingerprint density at radius 2 is 2.21 bits per heavy atom. The lowest BCUT2D eigenvalue weighted by Gasteiger charge is -2.15. The highest BCUT2D eigenvalue weighted by Gasteiger charge is 2.20. The number of nitrogens with one attached hydrogen (secondary N) is 1. The van der Waals surface area contributed by atoms with Crippen LogP contribution in [0.4, 0.5) is 0 Å². The molecule has 0 bridgehead atoms. The Morgan fingerprint density at radius 3 is 2.74 bits per heavy atom. The van der Waals surface area contributed by atoms with Crippen molar-refractivity contribution in [3.63, 3.8) is 0 Å². The van der Waals surface area contributed by atoms with Gasteiger partial charge in [0.25, 0.3) is 5.91 Å². The van der Waals surface area contributed by atoms with E-state index in [0.29, 0.717) is 5.69 Å². The Bertz CT molecular complexity index is 574. The number of carbonyl (C=O) groups is 2. The molecule has 0 spiro atoms. The standard InChI is InChI=1S/C13H14N2O3S/c1-15-6-2-4-10(15)13(18)14-9(8-12(16)17)11-5-3-7-19-11/h2-7,9H,8H2,1H3,(H,14,18)(H,16,17). The van der Waals surface area contributed by atoms with E-state index in [-0.39, 0.29) is 12.3 Å². The molecule has 1 unspecified atom stereocenters. The summed E-state index contributed by atoms with van der Waals surface area (Å²) in [6, 6.07) is 6.63. The summed E-state index contributed by atoms with van der Waals surface area (Å²) in [7, 11) is 1.77. The van der Waals surface area contributed by atoms with Crippen LogP contribution in [0, 0.1) is 0 Å². The number of aliphatic carboxylic acids is 1. The summed E-state index contributed by atoms with van der Waals surface area (Å²) < 4.78 is 1.70. The zero-order valence-corrected chi connectivity index (χ0v) is 11.2. The van der Waals surface area contributed by atoms with Crippen molar-refractivity contribution < 1.29 is 14.7 Å². The number of aryl methyl sites for hydroxylation is 1. The van der Waals surface area contributed by atoms with E-state index in [1.54, 1.807) is 29.9 Å². The average Bonchev–Trinajstić information content (AvgIpc) is 2.97. The molecular formula is C13H14N2O3S. The van der Waals surface area contributed by atoms with Gasteiger partial charge in [0.05, 0.1) is 12.5 Å². The Morgan fingerprint density at radius 1 is 1.42 bits per heavy atom. The molecule has 0 aromatic carbocycles. The van der Waals surface area contributed by atoms with Crippen LogP contribution in [0.5, 0.6) is 0 Å². The first-order chi connectivity index (χ1) is 9.08. The summed E-state index contributed by atoms with van der Waals surface area (Å²) in [6.07, 6.45) is 1.64. The third kappa shape index (κ3) is 3.23. The quantitative estimate of drug-likeness (QED) is 0.879. The summed E-state index contributed by atoms with van der Waals surface area (Å²) in [6.45, 7) is 0. The molecule has 2 aromatic rings. The minimum Gasteiger partial charge on any atom is -0.481 e. The SMILES string of the molecule is Cn1cccc1C(=O)NC(CC(=O)O)c1cccs1. The van der Waals surface area contributed by atoms with Crippen LogP contribution >= 0.6 is 11.3 Å². The number of carboxylic acid groups (broad SMARTS) is 1. The lowest BCUT2D eigenvalue weighted by molar-refractivity contribution is -0.137. The number of aromatic nitrogens is 1. The van der Waals surface area contributed by atoms with Crippen LogP contribution in [0.25, 0.3) is 0 Å². The fourth-order valence-corrected chi connectivity index (χ4v) is 2.59. The maximum atomic E-state index is 12.1. The number of nitrogens with zero attached hydrogens (tertiary/aromatic N) is 1. The van der Waals surface area contributed by atoms with Crippen molar-refractivity contribution in [1.82, 2.24) is 9.88 Å². The number of hydrogen-bond donors (Lipinski definition) is 2. The molecule has 2 N–H and O–H groups in total. The molecule has 0 radical (unpaired) electrons. The van der Waals surface area contributed by atoms with E-state index in [4.69, 9.17) is 5.11 Å². The molecule has 2 aromatic heterocycles. The van der Waals surface area contributed by atoms with E-state index in [0.717, 1.165) is 4.88 Å². The lowest BCUT2D eigenvalue weighted by atomic mass is 10.1. The highest BCUT2D eigenvalue weighted by Crippen LogP contribution is 2.22. The van der Waals surface area contributed by atoms with E-state index in [2.05, 4.69) is 5.32 Å². The third-order valence-electron chi connectivity index (χ3n) is 2.75. The largest absolute Gasteiger partial charge is 0.481 e. The number of hydrogen-bond acceptors (Lipinski definition) is 3. The van der Waals surface area contributed by atoms with Crippen molar-refractivity contribution in [1.29, 1.82) is 0 Å². The molecule has 1 atom stereocenters. The van der Waals surface area contributed by atoms with Gasteiger partial charge in [0.1, 0.15) is 5.69 Å². The highest BCUT2D eigenvalue weighted by atomic mass is 32.1. The van der Waals surface area contributed by atoms with Crippen molar-refractivity contribution in [2.45, 2.75) is 12.5 Å². The van der Waals surface area contributed by atoms with E-state index < -0.39 is 12.0 Å². The summed E-state index contributed by atoms with van der Waals surface area (Å²) in [5.74, 6) is -1.21. The monoisotopic (exact) mass is 278 g/mol. The molecule has 0 saturated heterocycles. The lowest BCUT2D eigenvalue weighted by Crippen LogP contribution is -2.30. The fourth-order valence-electron chi connectivity index (χ4n) is 1.82. The molecule has 2 rings (SSSR count). The second-order valence-electron chi connectivity index (χ2n) is 4.14. The van der Waals surface area contributed by atoms with Crippen molar-refractivity contribution in [2.75, 3.05) is 0 Å². The van der Waals surface area contributed by atoms with Gasteiger partial charge >= 0.3 is 5.97 Å². The Labute approximate surface area is 114 Å². The predicted octanol–water partition coefficient (Wildman–Crippen LogP) is 2.03. The van der Waals surface area contributed by atoms with Crippen LogP contribution in [-0.2, 0) is 11.8 Å². The molecular weight excluding hydrogens is 264 g/mol. The van der Waals surface area contributed by atoms with Crippen molar-refractivity contribution in [2.24, 2.45) is 7.05 Å². The molecule has 0 aliphatic rings. The highest BCUT2D eigenvalue weighted by molar-refractivity contribution is 7.10. The minimum atomic E-state index is -0.939. The van der Waals surface area contributed by atoms with Crippen molar-refractivity contribution in [3.05, 3.63) is 46.4 Å². The summed E-state index contributed by atoms with van der Waals surface area (Å²) in [5, 5.41) is 13.6. The van der Waals surface area contributed by atoms with Crippen LogP contribution in [0.3, 0.4) is 0 Å². The molecule has 1 amide bonds. The van der Waals surface area contributed by atoms with Crippen LogP contribution in [0.2, 0.25) is 0 Å². The summed E-state index contributed by atoms with van der Waals surface area (Å²) >= 11 is 1.43. The summed E-state index contributed by atoms with van der Waals surface area (Å²) in [5.41, 5.74) is 0.506. The van der Waals surface area contributed by atoms with Gasteiger partial charge in [-0.15, -0.1) is 11.3 Å². The smallest absolute Gasteiger partial charge is 0.305 e. The number of carboxylic acids is 1. The zero-order valence-electron chi connectivity index (χ0n) is 10.4. The molecule has 0 saturated carbocycles. The van der Waals surface area contributed by atoms with Crippen LogP contribution < -0.4 is 5.32 Å². The number of carbonyl (C=O) groups excluding carboxylic acids is 1. The second kappa shape index (κ2) is 5.71. The Balaban J connectivity index is 2.15. The third-order valence-corrected chi connectivity index (χ3v) is 3.73. The van der Waals surface area contributed by atoms with Crippen LogP contribution in [0.1, 0.15) is 27.8 Å². The van der Waals surface area contributed by atoms with Crippen molar-refractivity contribution in [3.8, 4) is 0 Å². The fraction of sp³-hybridized carbons (Fsp3) is 0.231. The number of thiophene rings is 1. The molecule has 0 aliphatic carbocycles. The molecule has 19 heavy (non-hydrogen) atoms. The van der Waals surface area contributed by atoms with Crippen LogP contribution in [0.15, 0.2) is 35.8 Å². The maximum Gasteiger partial charge on any atom is 0.305 e. The van der Waals surface area contributed by atoms with Gasteiger partial charge in [-0.25, -0.2) is 0 Å². The normalized spacial score (nSPS) is 12.1. The van der Waals surface area contributed by atoms with Gasteiger partial charge in [-0.1, -0.05) is 6.07 Å². The predicted molar refractivity (Wildman–Crippen MR) is 72.2 cm³/mol. The molecule has 6 heteroatoms. The second-order valence-corrected chi connectivity index (χ2v) is 5.12. The van der Waals surface area contributed by atoms with Gasteiger partial charge in [-0.3, -0.25) is 9.59 Å². The first-order valence-corrected chi connectivity index (χ1v) is 6.63. The van der Waals surface area contributed by atoms with Gasteiger partial charge in [-0.05, 0) is 23.6 Å². The van der Waals surface area contributed by atoms with Gasteiger partial charge in [0.2, 0.25) is 0 Å². The average molecular weight is 278 g/mol. The first kappa shape index (κ1) is 13.4. The topological polar surface area (TPSA) is 71.3 Å². The van der Waals surface area contributed by atoms with E-state index >= 15 is 0 Å². The van der Waals surface area contributed by atoms with Crippen molar-refractivity contribution >= 4 is 23.2 Å². The van der Waals surface area contributed by atoms with E-state index in [9.17, 15) is 9.59 Å². The van der Waals surface area contributed by atoms with Gasteiger partial charge in [0, 0.05) is 18.1 Å². The van der Waals surface area contributed by atoms with Gasteiger partial charge in [0.15, 0.2) is 0 Å².